The average Bonchev–Trinajstić information content (AvgIpc) is 3.28. The van der Waals surface area contributed by atoms with Crippen molar-refractivity contribution in [2.45, 2.75) is 38.9 Å². The number of methoxy groups -OCH3 is 1. The number of likely N-dealkylation sites (tertiary alicyclic amines) is 1. The molecular weight excluding hydrogens is 485 g/mol. The number of alkyl halides is 3. The number of nitrogens with zero attached hydrogens (tertiary/aromatic N) is 2. The minimum atomic E-state index is -4.13. The van der Waals surface area contributed by atoms with Crippen molar-refractivity contribution in [3.05, 3.63) is 48.0 Å². The first-order valence-electron chi connectivity index (χ1n) is 12.6. The standard InChI is InChI=1S/C27H33F3N4O3/c1-3-33-17-19(14-25(33)35)26(36)31-16-18-4-6-21(7-5-18)32-23-9-8-22(15-24(23)37-2)34-12-10-20(11-13-34)27(28,29)30/h4-9,15,19-20,32H,3,10-14,16-17H2,1-2H3,(H,31,36). The van der Waals surface area contributed by atoms with Gasteiger partial charge in [-0.3, -0.25) is 9.59 Å². The third kappa shape index (κ3) is 6.47. The molecule has 0 aliphatic carbocycles. The van der Waals surface area contributed by atoms with Crippen LogP contribution >= 0.6 is 0 Å². The number of hydrogen-bond donors (Lipinski definition) is 2. The zero-order chi connectivity index (χ0) is 26.6. The lowest BCUT2D eigenvalue weighted by Crippen LogP contribution is -2.39. The molecule has 1 atom stereocenters. The Bertz CT molecular complexity index is 1100. The van der Waals surface area contributed by atoms with Gasteiger partial charge in [-0.05, 0) is 49.6 Å². The molecule has 0 aromatic heterocycles. The number of carbonyl (C=O) groups excluding carboxylic acids is 2. The summed E-state index contributed by atoms with van der Waals surface area (Å²) in [6.07, 6.45) is -3.69. The molecule has 37 heavy (non-hydrogen) atoms. The molecule has 2 fully saturated rings. The summed E-state index contributed by atoms with van der Waals surface area (Å²) in [6, 6.07) is 13.2. The average molecular weight is 519 g/mol. The Hall–Kier alpha value is -3.43. The van der Waals surface area contributed by atoms with Gasteiger partial charge in [0.25, 0.3) is 0 Å². The number of amides is 2. The maximum absolute atomic E-state index is 13.0. The van der Waals surface area contributed by atoms with E-state index in [2.05, 4.69) is 10.6 Å². The van der Waals surface area contributed by atoms with Gasteiger partial charge in [0.2, 0.25) is 11.8 Å². The van der Waals surface area contributed by atoms with E-state index < -0.39 is 12.1 Å². The van der Waals surface area contributed by atoms with Crippen LogP contribution in [-0.2, 0) is 16.1 Å². The van der Waals surface area contributed by atoms with Crippen LogP contribution in [-0.4, -0.2) is 56.2 Å². The summed E-state index contributed by atoms with van der Waals surface area (Å²) in [4.78, 5) is 28.0. The number of piperidine rings is 1. The molecule has 0 bridgehead atoms. The van der Waals surface area contributed by atoms with Crippen LogP contribution in [0, 0.1) is 11.8 Å². The summed E-state index contributed by atoms with van der Waals surface area (Å²) in [6.45, 7) is 4.07. The molecule has 2 N–H and O–H groups in total. The molecule has 0 radical (unpaired) electrons. The van der Waals surface area contributed by atoms with Crippen LogP contribution in [0.5, 0.6) is 5.75 Å². The summed E-state index contributed by atoms with van der Waals surface area (Å²) in [5.41, 5.74) is 3.33. The van der Waals surface area contributed by atoms with E-state index in [1.807, 2.05) is 54.3 Å². The number of benzene rings is 2. The van der Waals surface area contributed by atoms with Crippen molar-refractivity contribution in [1.29, 1.82) is 0 Å². The van der Waals surface area contributed by atoms with E-state index in [9.17, 15) is 22.8 Å². The molecule has 2 aliphatic heterocycles. The lowest BCUT2D eigenvalue weighted by atomic mass is 9.96. The van der Waals surface area contributed by atoms with Crippen molar-refractivity contribution in [2.75, 3.05) is 43.5 Å². The van der Waals surface area contributed by atoms with Gasteiger partial charge in [-0.1, -0.05) is 12.1 Å². The highest BCUT2D eigenvalue weighted by Crippen LogP contribution is 2.37. The summed E-state index contributed by atoms with van der Waals surface area (Å²) < 4.78 is 44.5. The van der Waals surface area contributed by atoms with Crippen molar-refractivity contribution >= 4 is 28.9 Å². The molecular formula is C27H33F3N4O3. The number of halogens is 3. The second-order valence-electron chi connectivity index (χ2n) is 9.56. The van der Waals surface area contributed by atoms with Crippen LogP contribution in [0.1, 0.15) is 31.7 Å². The molecule has 0 saturated carbocycles. The Morgan fingerprint density at radius 1 is 1.11 bits per heavy atom. The maximum Gasteiger partial charge on any atom is 0.391 e. The van der Waals surface area contributed by atoms with Crippen LogP contribution in [0.15, 0.2) is 42.5 Å². The molecule has 2 amide bonds. The lowest BCUT2D eigenvalue weighted by Gasteiger charge is -2.34. The van der Waals surface area contributed by atoms with Crippen LogP contribution in [0.4, 0.5) is 30.2 Å². The van der Waals surface area contributed by atoms with Crippen LogP contribution in [0.3, 0.4) is 0 Å². The molecule has 1 unspecified atom stereocenters. The van der Waals surface area contributed by atoms with Gasteiger partial charge >= 0.3 is 6.18 Å². The van der Waals surface area contributed by atoms with E-state index >= 15 is 0 Å². The largest absolute Gasteiger partial charge is 0.494 e. The molecule has 4 rings (SSSR count). The number of carbonyl (C=O) groups is 2. The summed E-state index contributed by atoms with van der Waals surface area (Å²) in [5, 5.41) is 6.23. The lowest BCUT2D eigenvalue weighted by molar-refractivity contribution is -0.179. The van der Waals surface area contributed by atoms with Gasteiger partial charge < -0.3 is 25.2 Å². The molecule has 2 aromatic carbocycles. The van der Waals surface area contributed by atoms with Crippen LogP contribution in [0.2, 0.25) is 0 Å². The van der Waals surface area contributed by atoms with Gasteiger partial charge in [-0.25, -0.2) is 0 Å². The Morgan fingerprint density at radius 2 is 1.81 bits per heavy atom. The molecule has 2 heterocycles. The van der Waals surface area contributed by atoms with Crippen molar-refractivity contribution in [3.8, 4) is 5.75 Å². The topological polar surface area (TPSA) is 73.9 Å². The zero-order valence-electron chi connectivity index (χ0n) is 21.1. The van der Waals surface area contributed by atoms with E-state index in [4.69, 9.17) is 4.74 Å². The molecule has 0 spiro atoms. The summed E-state index contributed by atoms with van der Waals surface area (Å²) in [5.74, 6) is -1.04. The molecule has 2 saturated heterocycles. The fourth-order valence-electron chi connectivity index (χ4n) is 4.89. The smallest absolute Gasteiger partial charge is 0.391 e. The predicted octanol–water partition coefficient (Wildman–Crippen LogP) is 4.70. The summed E-state index contributed by atoms with van der Waals surface area (Å²) in [7, 11) is 1.56. The second-order valence-corrected chi connectivity index (χ2v) is 9.56. The predicted molar refractivity (Wildman–Crippen MR) is 136 cm³/mol. The number of ether oxygens (including phenoxy) is 1. The van der Waals surface area contributed by atoms with Crippen molar-refractivity contribution in [3.63, 3.8) is 0 Å². The van der Waals surface area contributed by atoms with E-state index in [0.29, 0.717) is 38.5 Å². The van der Waals surface area contributed by atoms with Crippen molar-refractivity contribution < 1.29 is 27.5 Å². The van der Waals surface area contributed by atoms with Gasteiger partial charge in [-0.15, -0.1) is 0 Å². The Balaban J connectivity index is 1.32. The minimum Gasteiger partial charge on any atom is -0.494 e. The summed E-state index contributed by atoms with van der Waals surface area (Å²) >= 11 is 0. The highest BCUT2D eigenvalue weighted by molar-refractivity contribution is 5.89. The zero-order valence-corrected chi connectivity index (χ0v) is 21.1. The van der Waals surface area contributed by atoms with Crippen molar-refractivity contribution in [1.82, 2.24) is 10.2 Å². The van der Waals surface area contributed by atoms with Gasteiger partial charge in [0.15, 0.2) is 0 Å². The first kappa shape index (κ1) is 26.6. The van der Waals surface area contributed by atoms with Crippen LogP contribution < -0.4 is 20.3 Å². The van der Waals surface area contributed by atoms with Gasteiger partial charge in [-0.2, -0.15) is 13.2 Å². The van der Waals surface area contributed by atoms with E-state index in [1.165, 1.54) is 0 Å². The van der Waals surface area contributed by atoms with Crippen molar-refractivity contribution in [2.24, 2.45) is 11.8 Å². The highest BCUT2D eigenvalue weighted by atomic mass is 19.4. The second kappa shape index (κ2) is 11.3. The van der Waals surface area contributed by atoms with E-state index in [-0.39, 0.29) is 37.0 Å². The number of rotatable bonds is 8. The fraction of sp³-hybridized carbons (Fsp3) is 0.481. The Labute approximate surface area is 215 Å². The number of anilines is 3. The quantitative estimate of drug-likeness (QED) is 0.530. The van der Waals surface area contributed by atoms with E-state index in [0.717, 1.165) is 22.6 Å². The van der Waals surface area contributed by atoms with Gasteiger partial charge in [0.1, 0.15) is 5.75 Å². The Morgan fingerprint density at radius 3 is 2.41 bits per heavy atom. The molecule has 2 aromatic rings. The molecule has 10 heteroatoms. The molecule has 200 valence electrons. The monoisotopic (exact) mass is 518 g/mol. The van der Waals surface area contributed by atoms with E-state index in [1.54, 1.807) is 12.0 Å². The minimum absolute atomic E-state index is 0.0209. The normalized spacial score (nSPS) is 18.7. The highest BCUT2D eigenvalue weighted by Gasteiger charge is 2.41. The van der Waals surface area contributed by atoms with Gasteiger partial charge in [0, 0.05) is 56.6 Å². The third-order valence-electron chi connectivity index (χ3n) is 7.17. The molecule has 2 aliphatic rings. The maximum atomic E-state index is 13.0. The third-order valence-corrected chi connectivity index (χ3v) is 7.17. The number of hydrogen-bond acceptors (Lipinski definition) is 5. The first-order chi connectivity index (χ1) is 17.7. The number of nitrogens with one attached hydrogen (secondary N) is 2. The molecule has 7 nitrogen and oxygen atoms in total. The SMILES string of the molecule is CCN1CC(C(=O)NCc2ccc(Nc3ccc(N4CCC(C(F)(F)F)CC4)cc3OC)cc2)CC1=O. The first-order valence-corrected chi connectivity index (χ1v) is 12.6. The Kier molecular flexibility index (Phi) is 8.14. The van der Waals surface area contributed by atoms with Gasteiger partial charge in [0.05, 0.1) is 24.6 Å². The van der Waals surface area contributed by atoms with Crippen LogP contribution in [0.25, 0.3) is 0 Å². The fourth-order valence-corrected chi connectivity index (χ4v) is 4.89.